The van der Waals surface area contributed by atoms with Gasteiger partial charge in [-0.25, -0.2) is 0 Å². The molecule has 1 aromatic heterocycles. The fourth-order valence-electron chi connectivity index (χ4n) is 8.29. The van der Waals surface area contributed by atoms with Gasteiger partial charge in [0.05, 0.1) is 18.8 Å². The Morgan fingerprint density at radius 1 is 0.873 bits per heavy atom. The summed E-state index contributed by atoms with van der Waals surface area (Å²) in [4.78, 5) is 35.6. The predicted molar refractivity (Wildman–Crippen MR) is 217 cm³/mol. The van der Waals surface area contributed by atoms with Gasteiger partial charge in [0.15, 0.2) is 0 Å². The Morgan fingerprint density at radius 3 is 2.40 bits per heavy atom. The SMILES string of the molecule is Cc1c(C(=O)N(C)c2ccc(OCc3ccccc3)cc2)cc(-c2cc3c(cc2C(=O)N2Cc4ccccc4C[C@H]2CCN2CCOCC2)CNCC3)n1C. The summed E-state index contributed by atoms with van der Waals surface area (Å²) in [6.45, 7) is 8.97. The van der Waals surface area contributed by atoms with Crippen LogP contribution in [0.4, 0.5) is 5.69 Å². The Morgan fingerprint density at radius 2 is 1.62 bits per heavy atom. The van der Waals surface area contributed by atoms with Crippen LogP contribution in [-0.4, -0.2) is 78.7 Å². The number of rotatable bonds is 10. The molecule has 4 aromatic carbocycles. The molecule has 1 fully saturated rings. The fraction of sp³-hybridized carbons (Fsp3) is 0.348. The van der Waals surface area contributed by atoms with E-state index in [0.717, 1.165) is 99.2 Å². The second-order valence-corrected chi connectivity index (χ2v) is 15.1. The van der Waals surface area contributed by atoms with Gasteiger partial charge in [0, 0.05) is 81.1 Å². The summed E-state index contributed by atoms with van der Waals surface area (Å²) in [5, 5.41) is 3.51. The topological polar surface area (TPSA) is 79.3 Å². The second kappa shape index (κ2) is 16.3. The van der Waals surface area contributed by atoms with Crippen molar-refractivity contribution in [3.63, 3.8) is 0 Å². The van der Waals surface area contributed by atoms with Crippen molar-refractivity contribution in [2.75, 3.05) is 51.3 Å². The number of carbonyl (C=O) groups excluding carboxylic acids is 2. The quantitative estimate of drug-likeness (QED) is 0.170. The zero-order chi connectivity index (χ0) is 37.9. The maximum absolute atomic E-state index is 15.1. The molecular formula is C46H51N5O4. The maximum Gasteiger partial charge on any atom is 0.259 e. The zero-order valence-corrected chi connectivity index (χ0v) is 32.2. The van der Waals surface area contributed by atoms with Crippen LogP contribution in [0.2, 0.25) is 0 Å². The van der Waals surface area contributed by atoms with E-state index in [1.807, 2.05) is 74.6 Å². The van der Waals surface area contributed by atoms with E-state index in [1.54, 1.807) is 11.9 Å². The summed E-state index contributed by atoms with van der Waals surface area (Å²) < 4.78 is 13.7. The molecule has 8 rings (SSSR count). The van der Waals surface area contributed by atoms with E-state index in [-0.39, 0.29) is 17.9 Å². The third-order valence-corrected chi connectivity index (χ3v) is 11.8. The summed E-state index contributed by atoms with van der Waals surface area (Å²) in [6, 6.07) is 32.6. The molecule has 1 atom stereocenters. The van der Waals surface area contributed by atoms with Gasteiger partial charge in [0.25, 0.3) is 11.8 Å². The fourth-order valence-corrected chi connectivity index (χ4v) is 8.29. The molecule has 2 amide bonds. The number of aromatic nitrogens is 1. The van der Waals surface area contributed by atoms with Gasteiger partial charge in [-0.1, -0.05) is 54.6 Å². The number of carbonyl (C=O) groups is 2. The molecule has 0 unspecified atom stereocenters. The van der Waals surface area contributed by atoms with Crippen LogP contribution in [-0.2, 0) is 44.3 Å². The Kier molecular flexibility index (Phi) is 10.9. The lowest BCUT2D eigenvalue weighted by Crippen LogP contribution is -2.47. The maximum atomic E-state index is 15.1. The molecule has 9 heteroatoms. The molecule has 0 aliphatic carbocycles. The Balaban J connectivity index is 1.09. The molecule has 284 valence electrons. The molecule has 1 N–H and O–H groups in total. The van der Waals surface area contributed by atoms with Crippen LogP contribution in [0, 0.1) is 6.92 Å². The highest BCUT2D eigenvalue weighted by Crippen LogP contribution is 2.35. The van der Waals surface area contributed by atoms with Crippen LogP contribution in [0.15, 0.2) is 97.1 Å². The lowest BCUT2D eigenvalue weighted by atomic mass is 9.89. The molecular weight excluding hydrogens is 687 g/mol. The van der Waals surface area contributed by atoms with Crippen molar-refractivity contribution < 1.29 is 19.1 Å². The minimum absolute atomic E-state index is 0.0447. The molecule has 5 aromatic rings. The molecule has 3 aliphatic heterocycles. The first-order chi connectivity index (χ1) is 26.8. The molecule has 4 heterocycles. The van der Waals surface area contributed by atoms with Crippen molar-refractivity contribution in [1.29, 1.82) is 0 Å². The van der Waals surface area contributed by atoms with E-state index in [0.29, 0.717) is 24.3 Å². The highest BCUT2D eigenvalue weighted by atomic mass is 16.5. The first-order valence-corrected chi connectivity index (χ1v) is 19.6. The normalized spacial score (nSPS) is 17.0. The first-order valence-electron chi connectivity index (χ1n) is 19.6. The van der Waals surface area contributed by atoms with E-state index in [2.05, 4.69) is 56.1 Å². The highest BCUT2D eigenvalue weighted by molar-refractivity contribution is 6.08. The van der Waals surface area contributed by atoms with E-state index < -0.39 is 0 Å². The number of ether oxygens (including phenoxy) is 2. The van der Waals surface area contributed by atoms with Crippen LogP contribution in [0.25, 0.3) is 11.3 Å². The van der Waals surface area contributed by atoms with Gasteiger partial charge < -0.3 is 29.2 Å². The van der Waals surface area contributed by atoms with Crippen molar-refractivity contribution in [3.8, 4) is 17.0 Å². The smallest absolute Gasteiger partial charge is 0.259 e. The number of morpholine rings is 1. The Bertz CT molecular complexity index is 2160. The average molecular weight is 738 g/mol. The van der Waals surface area contributed by atoms with Crippen LogP contribution in [0.1, 0.15) is 60.6 Å². The lowest BCUT2D eigenvalue weighted by molar-refractivity contribution is 0.0308. The standard InChI is InChI=1S/C46H51N5O4/c1-32-41(45(52)49(3)38-13-15-40(16-14-38)55-31-33-9-5-4-6-10-33)28-44(48(32)2)42-26-35-17-19-47-29-37(35)27-43(42)46(53)51-30-36-12-8-7-11-34(36)25-39(51)18-20-50-21-23-54-24-22-50/h4-16,26-28,39,47H,17-25,29-31H2,1-3H3/t39-/m1/s1. The summed E-state index contributed by atoms with van der Waals surface area (Å²) in [5.41, 5.74) is 10.7. The lowest BCUT2D eigenvalue weighted by Gasteiger charge is -2.39. The third-order valence-electron chi connectivity index (χ3n) is 11.8. The van der Waals surface area contributed by atoms with Gasteiger partial charge in [-0.2, -0.15) is 0 Å². The summed E-state index contributed by atoms with van der Waals surface area (Å²) >= 11 is 0. The van der Waals surface area contributed by atoms with Crippen molar-refractivity contribution in [2.24, 2.45) is 7.05 Å². The van der Waals surface area contributed by atoms with Crippen molar-refractivity contribution in [3.05, 3.63) is 142 Å². The Labute approximate surface area is 324 Å². The zero-order valence-electron chi connectivity index (χ0n) is 32.2. The molecule has 0 radical (unpaired) electrons. The van der Waals surface area contributed by atoms with Crippen molar-refractivity contribution in [1.82, 2.24) is 19.7 Å². The van der Waals surface area contributed by atoms with Gasteiger partial charge in [-0.05, 0) is 103 Å². The molecule has 0 saturated carbocycles. The number of hydrogen-bond acceptors (Lipinski definition) is 6. The third kappa shape index (κ3) is 7.83. The van der Waals surface area contributed by atoms with E-state index in [9.17, 15) is 4.79 Å². The van der Waals surface area contributed by atoms with Gasteiger partial charge in [-0.15, -0.1) is 0 Å². The largest absolute Gasteiger partial charge is 0.489 e. The molecule has 3 aliphatic rings. The number of hydrogen-bond donors (Lipinski definition) is 1. The number of nitrogens with zero attached hydrogens (tertiary/aromatic N) is 4. The predicted octanol–water partition coefficient (Wildman–Crippen LogP) is 6.79. The van der Waals surface area contributed by atoms with Gasteiger partial charge >= 0.3 is 0 Å². The van der Waals surface area contributed by atoms with Crippen LogP contribution in [0.3, 0.4) is 0 Å². The number of fused-ring (bicyclic) bond motifs is 2. The van der Waals surface area contributed by atoms with Crippen LogP contribution >= 0.6 is 0 Å². The second-order valence-electron chi connectivity index (χ2n) is 15.1. The summed E-state index contributed by atoms with van der Waals surface area (Å²) in [6.07, 6.45) is 2.62. The van der Waals surface area contributed by atoms with Crippen molar-refractivity contribution in [2.45, 2.75) is 51.9 Å². The van der Waals surface area contributed by atoms with Gasteiger partial charge in [0.1, 0.15) is 12.4 Å². The molecule has 0 bridgehead atoms. The van der Waals surface area contributed by atoms with Gasteiger partial charge in [-0.3, -0.25) is 14.5 Å². The molecule has 9 nitrogen and oxygen atoms in total. The van der Waals surface area contributed by atoms with E-state index in [1.165, 1.54) is 22.3 Å². The van der Waals surface area contributed by atoms with Crippen LogP contribution < -0.4 is 15.0 Å². The average Bonchev–Trinajstić information content (AvgIpc) is 3.54. The number of nitrogens with one attached hydrogen (secondary N) is 1. The van der Waals surface area contributed by atoms with Crippen molar-refractivity contribution >= 4 is 17.5 Å². The summed E-state index contributed by atoms with van der Waals surface area (Å²) in [5.74, 6) is 0.679. The van der Waals surface area contributed by atoms with Gasteiger partial charge in [0.2, 0.25) is 0 Å². The van der Waals surface area contributed by atoms with Crippen LogP contribution in [0.5, 0.6) is 5.75 Å². The Hall–Kier alpha value is -5.22. The minimum Gasteiger partial charge on any atom is -0.489 e. The number of anilines is 1. The summed E-state index contributed by atoms with van der Waals surface area (Å²) in [7, 11) is 3.80. The highest BCUT2D eigenvalue weighted by Gasteiger charge is 2.33. The minimum atomic E-state index is -0.108. The first kappa shape index (κ1) is 36.7. The molecule has 55 heavy (non-hydrogen) atoms. The number of amides is 2. The monoisotopic (exact) mass is 737 g/mol. The number of benzene rings is 4. The van der Waals surface area contributed by atoms with E-state index >= 15 is 4.79 Å². The molecule has 0 spiro atoms. The molecule has 1 saturated heterocycles. The van der Waals surface area contributed by atoms with E-state index in [4.69, 9.17) is 9.47 Å².